The molecule has 1 fully saturated rings. The summed E-state index contributed by atoms with van der Waals surface area (Å²) in [6.45, 7) is 3.42. The van der Waals surface area contributed by atoms with E-state index in [0.717, 1.165) is 29.4 Å². The minimum Gasteiger partial charge on any atom is -0.371 e. The van der Waals surface area contributed by atoms with Crippen LogP contribution in [0.15, 0.2) is 18.2 Å². The highest BCUT2D eigenvalue weighted by atomic mass is 35.5. The third-order valence-electron chi connectivity index (χ3n) is 3.57. The summed E-state index contributed by atoms with van der Waals surface area (Å²) >= 11 is 6.11. The molecule has 0 amide bonds. The van der Waals surface area contributed by atoms with Gasteiger partial charge in [0, 0.05) is 23.8 Å². The number of benzene rings is 1. The fourth-order valence-corrected chi connectivity index (χ4v) is 2.35. The van der Waals surface area contributed by atoms with Gasteiger partial charge in [0.25, 0.3) is 0 Å². The van der Waals surface area contributed by atoms with Crippen molar-refractivity contribution in [3.05, 3.63) is 28.8 Å². The maximum absolute atomic E-state index is 9.07. The molecule has 0 spiro atoms. The van der Waals surface area contributed by atoms with Crippen LogP contribution < -0.4 is 4.90 Å². The standard InChI is InChI=1S/C14H14ClN3/c1-11-2-3-12(8-13(11)15)18-6-4-14(9-16,10-17)5-7-18/h2-3,8H,4-7H2,1H3. The average Bonchev–Trinajstić information content (AvgIpc) is 2.42. The number of aryl methyl sites for hydroxylation is 1. The second kappa shape index (κ2) is 4.88. The molecule has 1 aromatic rings. The molecule has 0 radical (unpaired) electrons. The minimum atomic E-state index is -0.801. The lowest BCUT2D eigenvalue weighted by Gasteiger charge is -2.34. The van der Waals surface area contributed by atoms with Crippen LogP contribution in [-0.4, -0.2) is 13.1 Å². The zero-order valence-electron chi connectivity index (χ0n) is 10.3. The Morgan fingerprint density at radius 2 is 1.83 bits per heavy atom. The van der Waals surface area contributed by atoms with Crippen LogP contribution in [-0.2, 0) is 0 Å². The van der Waals surface area contributed by atoms with Gasteiger partial charge in [0.1, 0.15) is 5.41 Å². The highest BCUT2D eigenvalue weighted by Crippen LogP contribution is 2.33. The van der Waals surface area contributed by atoms with Crippen molar-refractivity contribution in [3.63, 3.8) is 0 Å². The van der Waals surface area contributed by atoms with Crippen molar-refractivity contribution in [2.24, 2.45) is 5.41 Å². The van der Waals surface area contributed by atoms with Crippen LogP contribution in [0.3, 0.4) is 0 Å². The molecule has 4 heteroatoms. The van der Waals surface area contributed by atoms with Crippen molar-refractivity contribution < 1.29 is 0 Å². The van der Waals surface area contributed by atoms with Gasteiger partial charge in [-0.1, -0.05) is 17.7 Å². The van der Waals surface area contributed by atoms with E-state index in [4.69, 9.17) is 22.1 Å². The van der Waals surface area contributed by atoms with E-state index in [0.29, 0.717) is 12.8 Å². The number of nitriles is 2. The molecule has 1 aromatic carbocycles. The van der Waals surface area contributed by atoms with E-state index < -0.39 is 5.41 Å². The van der Waals surface area contributed by atoms with Crippen molar-refractivity contribution in [2.45, 2.75) is 19.8 Å². The summed E-state index contributed by atoms with van der Waals surface area (Å²) in [6, 6.07) is 10.3. The molecule has 0 unspecified atom stereocenters. The molecule has 0 aliphatic carbocycles. The van der Waals surface area contributed by atoms with E-state index in [1.165, 1.54) is 0 Å². The second-order valence-corrected chi connectivity index (χ2v) is 5.13. The van der Waals surface area contributed by atoms with Gasteiger partial charge in [-0.05, 0) is 37.5 Å². The second-order valence-electron chi connectivity index (χ2n) is 4.73. The lowest BCUT2D eigenvalue weighted by molar-refractivity contribution is 0.393. The van der Waals surface area contributed by atoms with E-state index in [-0.39, 0.29) is 0 Å². The molecule has 2 rings (SSSR count). The molecule has 0 saturated carbocycles. The maximum Gasteiger partial charge on any atom is 0.147 e. The minimum absolute atomic E-state index is 0.589. The molecule has 1 aliphatic rings. The Balaban J connectivity index is 2.13. The van der Waals surface area contributed by atoms with Gasteiger partial charge in [-0.3, -0.25) is 0 Å². The van der Waals surface area contributed by atoms with Crippen molar-refractivity contribution in [3.8, 4) is 12.1 Å². The Morgan fingerprint density at radius 1 is 1.22 bits per heavy atom. The lowest BCUT2D eigenvalue weighted by Crippen LogP contribution is -2.38. The maximum atomic E-state index is 9.07. The first-order valence-electron chi connectivity index (χ1n) is 5.94. The first kappa shape index (κ1) is 12.7. The molecule has 1 heterocycles. The van der Waals surface area contributed by atoms with Gasteiger partial charge in [-0.25, -0.2) is 0 Å². The molecular formula is C14H14ClN3. The van der Waals surface area contributed by atoms with Crippen LogP contribution in [0.1, 0.15) is 18.4 Å². The third kappa shape index (κ3) is 2.28. The highest BCUT2D eigenvalue weighted by Gasteiger charge is 2.34. The topological polar surface area (TPSA) is 50.8 Å². The quantitative estimate of drug-likeness (QED) is 0.778. The normalized spacial score (nSPS) is 17.9. The Bertz CT molecular complexity index is 515. The summed E-state index contributed by atoms with van der Waals surface area (Å²) in [5, 5.41) is 18.9. The van der Waals surface area contributed by atoms with Gasteiger partial charge < -0.3 is 4.90 Å². The third-order valence-corrected chi connectivity index (χ3v) is 3.97. The van der Waals surface area contributed by atoms with Crippen molar-refractivity contribution in [2.75, 3.05) is 18.0 Å². The molecule has 0 aromatic heterocycles. The number of nitrogens with zero attached hydrogens (tertiary/aromatic N) is 3. The van der Waals surface area contributed by atoms with Crippen molar-refractivity contribution >= 4 is 17.3 Å². The Labute approximate surface area is 112 Å². The van der Waals surface area contributed by atoms with Crippen molar-refractivity contribution in [1.82, 2.24) is 0 Å². The lowest BCUT2D eigenvalue weighted by atomic mass is 9.81. The van der Waals surface area contributed by atoms with Gasteiger partial charge in [0.15, 0.2) is 0 Å². The van der Waals surface area contributed by atoms with E-state index in [9.17, 15) is 0 Å². The Kier molecular flexibility index (Phi) is 3.45. The van der Waals surface area contributed by atoms with E-state index in [1.54, 1.807) is 0 Å². The van der Waals surface area contributed by atoms with Crippen LogP contribution in [0.25, 0.3) is 0 Å². The molecule has 0 atom stereocenters. The molecule has 1 saturated heterocycles. The van der Waals surface area contributed by atoms with Gasteiger partial charge in [-0.15, -0.1) is 0 Å². The van der Waals surface area contributed by atoms with Gasteiger partial charge in [-0.2, -0.15) is 10.5 Å². The SMILES string of the molecule is Cc1ccc(N2CCC(C#N)(C#N)CC2)cc1Cl. The summed E-state index contributed by atoms with van der Waals surface area (Å²) in [4.78, 5) is 2.18. The highest BCUT2D eigenvalue weighted by molar-refractivity contribution is 6.31. The molecule has 0 N–H and O–H groups in total. The monoisotopic (exact) mass is 259 g/mol. The summed E-state index contributed by atoms with van der Waals surface area (Å²) < 4.78 is 0. The first-order valence-corrected chi connectivity index (χ1v) is 6.32. The predicted molar refractivity (Wildman–Crippen MR) is 71.3 cm³/mol. The zero-order valence-corrected chi connectivity index (χ0v) is 11.0. The van der Waals surface area contributed by atoms with Crippen LogP contribution in [0.5, 0.6) is 0 Å². The van der Waals surface area contributed by atoms with Crippen LogP contribution >= 0.6 is 11.6 Å². The first-order chi connectivity index (χ1) is 8.60. The summed E-state index contributed by atoms with van der Waals surface area (Å²) in [6.07, 6.45) is 1.18. The molecule has 1 aliphatic heterocycles. The molecule has 0 bridgehead atoms. The van der Waals surface area contributed by atoms with Gasteiger partial charge in [0.2, 0.25) is 0 Å². The summed E-state index contributed by atoms with van der Waals surface area (Å²) in [7, 11) is 0. The number of anilines is 1. The molecule has 18 heavy (non-hydrogen) atoms. The number of hydrogen-bond acceptors (Lipinski definition) is 3. The molecule has 92 valence electrons. The molecule has 3 nitrogen and oxygen atoms in total. The zero-order chi connectivity index (χ0) is 13.2. The summed E-state index contributed by atoms with van der Waals surface area (Å²) in [5.41, 5.74) is 1.32. The van der Waals surface area contributed by atoms with Gasteiger partial charge in [0.05, 0.1) is 12.1 Å². The fourth-order valence-electron chi connectivity index (χ4n) is 2.17. The Morgan fingerprint density at radius 3 is 2.33 bits per heavy atom. The number of piperidine rings is 1. The predicted octanol–water partition coefficient (Wildman–Crippen LogP) is 3.28. The smallest absolute Gasteiger partial charge is 0.147 e. The summed E-state index contributed by atoms with van der Waals surface area (Å²) in [5.74, 6) is 0. The fraction of sp³-hybridized carbons (Fsp3) is 0.429. The van der Waals surface area contributed by atoms with Crippen LogP contribution in [0, 0.1) is 35.0 Å². The Hall–Kier alpha value is -1.71. The largest absolute Gasteiger partial charge is 0.371 e. The van der Waals surface area contributed by atoms with E-state index in [1.807, 2.05) is 25.1 Å². The van der Waals surface area contributed by atoms with Crippen LogP contribution in [0.4, 0.5) is 5.69 Å². The number of halogens is 1. The van der Waals surface area contributed by atoms with Crippen LogP contribution in [0.2, 0.25) is 5.02 Å². The number of rotatable bonds is 1. The van der Waals surface area contributed by atoms with Gasteiger partial charge >= 0.3 is 0 Å². The van der Waals surface area contributed by atoms with E-state index in [2.05, 4.69) is 17.0 Å². The van der Waals surface area contributed by atoms with Crippen molar-refractivity contribution in [1.29, 1.82) is 10.5 Å². The molecular weight excluding hydrogens is 246 g/mol. The average molecular weight is 260 g/mol. The number of hydrogen-bond donors (Lipinski definition) is 0. The van der Waals surface area contributed by atoms with E-state index >= 15 is 0 Å².